The van der Waals surface area contributed by atoms with E-state index in [9.17, 15) is 19.3 Å². The number of nitrogens with zero attached hydrogens (tertiary/aromatic N) is 1. The summed E-state index contributed by atoms with van der Waals surface area (Å²) in [4.78, 5) is 21.2. The first-order chi connectivity index (χ1) is 10.0. The third-order valence-electron chi connectivity index (χ3n) is 2.84. The Hall–Kier alpha value is -2.18. The Bertz CT molecular complexity index is 494. The first-order valence-corrected chi connectivity index (χ1v) is 6.88. The molecule has 0 spiro atoms. The lowest BCUT2D eigenvalue weighted by molar-refractivity contribution is -0.385. The molecule has 0 atom stereocenters. The summed E-state index contributed by atoms with van der Waals surface area (Å²) in [5, 5.41) is 13.1. The van der Waals surface area contributed by atoms with Gasteiger partial charge in [0.05, 0.1) is 11.0 Å². The van der Waals surface area contributed by atoms with Gasteiger partial charge in [0, 0.05) is 12.6 Å². The van der Waals surface area contributed by atoms with Gasteiger partial charge in [0.25, 0.3) is 11.6 Å². The van der Waals surface area contributed by atoms with Crippen molar-refractivity contribution in [2.24, 2.45) is 0 Å². The number of halogens is 1. The van der Waals surface area contributed by atoms with Crippen molar-refractivity contribution in [1.29, 1.82) is 0 Å². The number of nitro groups is 1. The van der Waals surface area contributed by atoms with Crippen LogP contribution in [0, 0.1) is 15.9 Å². The van der Waals surface area contributed by atoms with Crippen molar-refractivity contribution in [2.45, 2.75) is 32.6 Å². The maximum atomic E-state index is 13.5. The van der Waals surface area contributed by atoms with Crippen molar-refractivity contribution < 1.29 is 18.8 Å². The summed E-state index contributed by atoms with van der Waals surface area (Å²) in [6.45, 7) is 2.35. The molecule has 0 heterocycles. The summed E-state index contributed by atoms with van der Waals surface area (Å²) in [7, 11) is 0. The zero-order valence-corrected chi connectivity index (χ0v) is 11.9. The van der Waals surface area contributed by atoms with E-state index >= 15 is 0 Å². The topological polar surface area (TPSA) is 81.5 Å². The SMILES string of the molecule is CCCCCCNC(=O)COc1ccc([N+](=O)[O-])cc1F. The van der Waals surface area contributed by atoms with Gasteiger partial charge in [0.1, 0.15) is 0 Å². The van der Waals surface area contributed by atoms with Crippen LogP contribution in [0.2, 0.25) is 0 Å². The van der Waals surface area contributed by atoms with E-state index in [1.54, 1.807) is 0 Å². The molecule has 0 bridgehead atoms. The summed E-state index contributed by atoms with van der Waals surface area (Å²) in [5.74, 6) is -1.38. The van der Waals surface area contributed by atoms with E-state index in [2.05, 4.69) is 12.2 Å². The third-order valence-corrected chi connectivity index (χ3v) is 2.84. The van der Waals surface area contributed by atoms with Gasteiger partial charge in [-0.1, -0.05) is 26.2 Å². The van der Waals surface area contributed by atoms with Gasteiger partial charge >= 0.3 is 0 Å². The number of carbonyl (C=O) groups excluding carboxylic acids is 1. The number of benzene rings is 1. The molecular weight excluding hydrogens is 279 g/mol. The summed E-state index contributed by atoms with van der Waals surface area (Å²) in [6.07, 6.45) is 4.19. The number of unbranched alkanes of at least 4 members (excludes halogenated alkanes) is 3. The maximum Gasteiger partial charge on any atom is 0.272 e. The van der Waals surface area contributed by atoms with Crippen molar-refractivity contribution in [1.82, 2.24) is 5.32 Å². The Morgan fingerprint density at radius 1 is 1.38 bits per heavy atom. The molecular formula is C14H19FN2O4. The Balaban J connectivity index is 2.34. The van der Waals surface area contributed by atoms with Gasteiger partial charge in [0.15, 0.2) is 18.2 Å². The van der Waals surface area contributed by atoms with Crippen LogP contribution in [0.1, 0.15) is 32.6 Å². The van der Waals surface area contributed by atoms with Crippen molar-refractivity contribution in [3.8, 4) is 5.75 Å². The van der Waals surface area contributed by atoms with Crippen LogP contribution in [-0.2, 0) is 4.79 Å². The lowest BCUT2D eigenvalue weighted by Crippen LogP contribution is -2.29. The minimum absolute atomic E-state index is 0.179. The summed E-state index contributed by atoms with van der Waals surface area (Å²) >= 11 is 0. The predicted octanol–water partition coefficient (Wildman–Crippen LogP) is 2.81. The fourth-order valence-corrected chi connectivity index (χ4v) is 1.69. The van der Waals surface area contributed by atoms with E-state index in [-0.39, 0.29) is 24.0 Å². The lowest BCUT2D eigenvalue weighted by atomic mass is 10.2. The van der Waals surface area contributed by atoms with Crippen LogP contribution in [0.4, 0.5) is 10.1 Å². The van der Waals surface area contributed by atoms with E-state index in [1.807, 2.05) is 0 Å². The van der Waals surface area contributed by atoms with Crippen LogP contribution >= 0.6 is 0 Å². The molecule has 0 radical (unpaired) electrons. The van der Waals surface area contributed by atoms with Crippen LogP contribution in [0.5, 0.6) is 5.75 Å². The largest absolute Gasteiger partial charge is 0.481 e. The number of nitro benzene ring substituents is 1. The molecule has 0 fully saturated rings. The number of rotatable bonds is 9. The van der Waals surface area contributed by atoms with E-state index in [1.165, 1.54) is 0 Å². The molecule has 1 N–H and O–H groups in total. The first-order valence-electron chi connectivity index (χ1n) is 6.88. The van der Waals surface area contributed by atoms with E-state index < -0.39 is 10.7 Å². The fraction of sp³-hybridized carbons (Fsp3) is 0.500. The minimum Gasteiger partial charge on any atom is -0.481 e. The van der Waals surface area contributed by atoms with Crippen molar-refractivity contribution >= 4 is 11.6 Å². The Kier molecular flexibility index (Phi) is 7.14. The number of amides is 1. The molecule has 1 aromatic rings. The molecule has 0 aliphatic carbocycles. The van der Waals surface area contributed by atoms with Gasteiger partial charge in [-0.15, -0.1) is 0 Å². The molecule has 1 amide bonds. The second-order valence-corrected chi connectivity index (χ2v) is 4.57. The number of non-ortho nitro benzene ring substituents is 1. The van der Waals surface area contributed by atoms with Crippen molar-refractivity contribution in [3.05, 3.63) is 34.1 Å². The van der Waals surface area contributed by atoms with Crippen LogP contribution in [0.25, 0.3) is 0 Å². The molecule has 1 aromatic carbocycles. The van der Waals surface area contributed by atoms with Gasteiger partial charge in [-0.2, -0.15) is 0 Å². The van der Waals surface area contributed by atoms with Gasteiger partial charge in [-0.05, 0) is 12.5 Å². The normalized spacial score (nSPS) is 10.2. The molecule has 6 nitrogen and oxygen atoms in total. The van der Waals surface area contributed by atoms with Gasteiger partial charge in [0.2, 0.25) is 0 Å². The first kappa shape index (κ1) is 16.9. The number of hydrogen-bond donors (Lipinski definition) is 1. The van der Waals surface area contributed by atoms with Crippen LogP contribution in [-0.4, -0.2) is 24.0 Å². The third kappa shape index (κ3) is 6.20. The van der Waals surface area contributed by atoms with Gasteiger partial charge in [-0.25, -0.2) is 4.39 Å². The molecule has 116 valence electrons. The second kappa shape index (κ2) is 8.89. The zero-order valence-electron chi connectivity index (χ0n) is 11.9. The van der Waals surface area contributed by atoms with Crippen LogP contribution in [0.3, 0.4) is 0 Å². The van der Waals surface area contributed by atoms with Crippen LogP contribution < -0.4 is 10.1 Å². The second-order valence-electron chi connectivity index (χ2n) is 4.57. The molecule has 7 heteroatoms. The molecule has 0 unspecified atom stereocenters. The fourth-order valence-electron chi connectivity index (χ4n) is 1.69. The average Bonchev–Trinajstić information content (AvgIpc) is 2.45. The molecule has 0 aliphatic heterocycles. The Morgan fingerprint density at radius 2 is 2.14 bits per heavy atom. The number of ether oxygens (including phenoxy) is 1. The quantitative estimate of drug-likeness (QED) is 0.432. The molecule has 1 rings (SSSR count). The zero-order chi connectivity index (χ0) is 15.7. The van der Waals surface area contributed by atoms with E-state index in [0.717, 1.165) is 43.9 Å². The lowest BCUT2D eigenvalue weighted by Gasteiger charge is -2.08. The van der Waals surface area contributed by atoms with E-state index in [0.29, 0.717) is 6.54 Å². The number of hydrogen-bond acceptors (Lipinski definition) is 4. The molecule has 21 heavy (non-hydrogen) atoms. The van der Waals surface area contributed by atoms with Crippen LogP contribution in [0.15, 0.2) is 18.2 Å². The average molecular weight is 298 g/mol. The summed E-state index contributed by atoms with van der Waals surface area (Å²) in [6, 6.07) is 3.03. The Labute approximate surface area is 122 Å². The highest BCUT2D eigenvalue weighted by Gasteiger charge is 2.12. The molecule has 0 aliphatic rings. The standard InChI is InChI=1S/C14H19FN2O4/c1-2-3-4-5-8-16-14(18)10-21-13-7-6-11(17(19)20)9-12(13)15/h6-7,9H,2-5,8,10H2,1H3,(H,16,18). The molecule has 0 aromatic heterocycles. The Morgan fingerprint density at radius 3 is 2.76 bits per heavy atom. The highest BCUT2D eigenvalue weighted by atomic mass is 19.1. The predicted molar refractivity (Wildman–Crippen MR) is 75.7 cm³/mol. The minimum atomic E-state index is -0.861. The monoisotopic (exact) mass is 298 g/mol. The number of nitrogens with one attached hydrogen (secondary N) is 1. The highest BCUT2D eigenvalue weighted by molar-refractivity contribution is 5.77. The van der Waals surface area contributed by atoms with Crippen molar-refractivity contribution in [3.63, 3.8) is 0 Å². The number of carbonyl (C=O) groups is 1. The van der Waals surface area contributed by atoms with Gasteiger partial charge < -0.3 is 10.1 Å². The smallest absolute Gasteiger partial charge is 0.272 e. The molecule has 0 saturated heterocycles. The summed E-state index contributed by atoms with van der Waals surface area (Å²) < 4.78 is 18.5. The van der Waals surface area contributed by atoms with Crippen molar-refractivity contribution in [2.75, 3.05) is 13.2 Å². The maximum absolute atomic E-state index is 13.5. The van der Waals surface area contributed by atoms with E-state index in [4.69, 9.17) is 4.74 Å². The highest BCUT2D eigenvalue weighted by Crippen LogP contribution is 2.22. The van der Waals surface area contributed by atoms with Gasteiger partial charge in [-0.3, -0.25) is 14.9 Å². The molecule has 0 saturated carbocycles. The summed E-state index contributed by atoms with van der Waals surface area (Å²) in [5.41, 5.74) is -0.361.